The van der Waals surface area contributed by atoms with E-state index < -0.39 is 0 Å². The van der Waals surface area contributed by atoms with Gasteiger partial charge in [-0.1, -0.05) is 19.4 Å². The first-order valence-corrected chi connectivity index (χ1v) is 10.3. The maximum absolute atomic E-state index is 11.9. The molecule has 5 aliphatic rings. The van der Waals surface area contributed by atoms with E-state index in [0.29, 0.717) is 24.0 Å². The Balaban J connectivity index is 1.49. The van der Waals surface area contributed by atoms with Crippen LogP contribution in [0.15, 0.2) is 11.6 Å². The molecule has 3 heteroatoms. The average Bonchev–Trinajstić information content (AvgIpc) is 3.10. The van der Waals surface area contributed by atoms with Crippen LogP contribution >= 0.6 is 0 Å². The lowest BCUT2D eigenvalue weighted by molar-refractivity contribution is -0.168. The first-order valence-electron chi connectivity index (χ1n) is 10.3. The van der Waals surface area contributed by atoms with Crippen molar-refractivity contribution in [3.63, 3.8) is 0 Å². The van der Waals surface area contributed by atoms with Gasteiger partial charge >= 0.3 is 5.97 Å². The quantitative estimate of drug-likeness (QED) is 0.605. The minimum Gasteiger partial charge on any atom is -0.458 e. The van der Waals surface area contributed by atoms with Crippen LogP contribution in [-0.4, -0.2) is 17.4 Å². The lowest BCUT2D eigenvalue weighted by Crippen LogP contribution is -2.54. The predicted molar refractivity (Wildman–Crippen MR) is 94.8 cm³/mol. The van der Waals surface area contributed by atoms with E-state index >= 15 is 0 Å². The molecule has 1 heterocycles. The molecule has 3 nitrogen and oxygen atoms in total. The number of hydrogen-bond acceptors (Lipinski definition) is 3. The van der Waals surface area contributed by atoms with Gasteiger partial charge in [0.15, 0.2) is 5.78 Å². The Morgan fingerprint density at radius 3 is 2.48 bits per heavy atom. The Bertz CT molecular complexity index is 679. The summed E-state index contributed by atoms with van der Waals surface area (Å²) in [5, 5.41) is 0. The molecule has 0 aromatic rings. The molecule has 25 heavy (non-hydrogen) atoms. The van der Waals surface area contributed by atoms with Gasteiger partial charge in [-0.05, 0) is 80.6 Å². The van der Waals surface area contributed by atoms with E-state index in [0.717, 1.165) is 38.0 Å². The molecule has 136 valence electrons. The smallest absolute Gasteiger partial charge is 0.306 e. The third-order valence-corrected chi connectivity index (χ3v) is 9.29. The standard InChI is InChI=1S/C22H30O3/c1-20-9-5-15(23)13-14(20)3-4-16-17(20)6-10-21(2)18(16)7-11-22(21)12-8-19(24)25-22/h13,16-18H,3-12H2,1-2H3/t16-,17-,18+,20-,21+,22+/m0/s1. The number of carbonyl (C=O) groups is 2. The number of allylic oxidation sites excluding steroid dienone is 1. The third kappa shape index (κ3) is 1.93. The van der Waals surface area contributed by atoms with Crippen molar-refractivity contribution in [3.8, 4) is 0 Å². The second-order valence-electron chi connectivity index (χ2n) is 9.93. The fourth-order valence-corrected chi connectivity index (χ4v) is 7.85. The van der Waals surface area contributed by atoms with Crippen molar-refractivity contribution in [1.82, 2.24) is 0 Å². The SMILES string of the molecule is C[C@]12CCC(=O)C=C1CC[C@@H]1[C@H]3CC[C@@]4(CCC(=O)O4)[C@]3(C)CC[C@@H]12. The molecule has 0 aromatic carbocycles. The van der Waals surface area contributed by atoms with Gasteiger partial charge < -0.3 is 4.74 Å². The van der Waals surface area contributed by atoms with Gasteiger partial charge in [-0.3, -0.25) is 9.59 Å². The normalized spacial score (nSPS) is 51.6. The van der Waals surface area contributed by atoms with Crippen molar-refractivity contribution in [1.29, 1.82) is 0 Å². The third-order valence-electron chi connectivity index (χ3n) is 9.29. The van der Waals surface area contributed by atoms with E-state index in [1.54, 1.807) is 0 Å². The van der Waals surface area contributed by atoms with Gasteiger partial charge in [-0.2, -0.15) is 0 Å². The van der Waals surface area contributed by atoms with Crippen LogP contribution in [0.4, 0.5) is 0 Å². The second-order valence-corrected chi connectivity index (χ2v) is 9.93. The summed E-state index contributed by atoms with van der Waals surface area (Å²) in [4.78, 5) is 23.8. The molecule has 0 radical (unpaired) electrons. The van der Waals surface area contributed by atoms with Gasteiger partial charge in [0, 0.05) is 18.3 Å². The second kappa shape index (κ2) is 4.98. The molecule has 0 amide bonds. The van der Waals surface area contributed by atoms with Gasteiger partial charge in [0.05, 0.1) is 0 Å². The number of ketones is 1. The van der Waals surface area contributed by atoms with Crippen LogP contribution < -0.4 is 0 Å². The summed E-state index contributed by atoms with van der Waals surface area (Å²) in [6.07, 6.45) is 12.3. The molecule has 1 spiro atoms. The zero-order chi connectivity index (χ0) is 17.4. The van der Waals surface area contributed by atoms with Gasteiger partial charge in [0.1, 0.15) is 5.60 Å². The predicted octanol–water partition coefficient (Wildman–Crippen LogP) is 4.59. The van der Waals surface area contributed by atoms with Crippen molar-refractivity contribution < 1.29 is 14.3 Å². The van der Waals surface area contributed by atoms with E-state index in [4.69, 9.17) is 4.74 Å². The van der Waals surface area contributed by atoms with Crippen molar-refractivity contribution in [2.45, 2.75) is 83.7 Å². The highest BCUT2D eigenvalue weighted by Gasteiger charge is 2.66. The minimum absolute atomic E-state index is 0.0237. The first-order chi connectivity index (χ1) is 11.9. The number of fused-ring (bicyclic) bond motifs is 6. The monoisotopic (exact) mass is 342 g/mol. The minimum atomic E-state index is -0.167. The Morgan fingerprint density at radius 2 is 1.72 bits per heavy atom. The van der Waals surface area contributed by atoms with Crippen LogP contribution in [0.2, 0.25) is 0 Å². The summed E-state index contributed by atoms with van der Waals surface area (Å²) in [7, 11) is 0. The summed E-state index contributed by atoms with van der Waals surface area (Å²) >= 11 is 0. The molecule has 4 fully saturated rings. The highest BCUT2D eigenvalue weighted by Crippen LogP contribution is 2.69. The number of ether oxygens (including phenoxy) is 1. The van der Waals surface area contributed by atoms with Crippen molar-refractivity contribution >= 4 is 11.8 Å². The maximum atomic E-state index is 11.9. The molecule has 1 aliphatic heterocycles. The van der Waals surface area contributed by atoms with Crippen LogP contribution in [0.3, 0.4) is 0 Å². The zero-order valence-electron chi connectivity index (χ0n) is 15.6. The molecule has 0 aromatic heterocycles. The van der Waals surface area contributed by atoms with Gasteiger partial charge in [-0.15, -0.1) is 0 Å². The molecule has 6 atom stereocenters. The van der Waals surface area contributed by atoms with Gasteiger partial charge in [0.25, 0.3) is 0 Å². The highest BCUT2D eigenvalue weighted by atomic mass is 16.6. The Labute approximate surface area is 150 Å². The van der Waals surface area contributed by atoms with Crippen LogP contribution in [0, 0.1) is 28.6 Å². The molecule has 3 saturated carbocycles. The molecule has 0 unspecified atom stereocenters. The Morgan fingerprint density at radius 1 is 0.920 bits per heavy atom. The van der Waals surface area contributed by atoms with Crippen molar-refractivity contribution in [2.24, 2.45) is 28.6 Å². The Hall–Kier alpha value is -1.12. The van der Waals surface area contributed by atoms with Crippen molar-refractivity contribution in [3.05, 3.63) is 11.6 Å². The first kappa shape index (κ1) is 16.1. The van der Waals surface area contributed by atoms with E-state index in [1.165, 1.54) is 31.3 Å². The fraction of sp³-hybridized carbons (Fsp3) is 0.818. The average molecular weight is 342 g/mol. The lowest BCUT2D eigenvalue weighted by atomic mass is 9.46. The largest absolute Gasteiger partial charge is 0.458 e. The number of carbonyl (C=O) groups excluding carboxylic acids is 2. The topological polar surface area (TPSA) is 43.4 Å². The highest BCUT2D eigenvalue weighted by molar-refractivity contribution is 5.91. The van der Waals surface area contributed by atoms with Gasteiger partial charge in [0.2, 0.25) is 0 Å². The molecule has 4 aliphatic carbocycles. The van der Waals surface area contributed by atoms with Crippen LogP contribution in [-0.2, 0) is 14.3 Å². The maximum Gasteiger partial charge on any atom is 0.306 e. The number of rotatable bonds is 0. The lowest BCUT2D eigenvalue weighted by Gasteiger charge is -2.59. The van der Waals surface area contributed by atoms with Crippen molar-refractivity contribution in [2.75, 3.05) is 0 Å². The number of hydrogen-bond donors (Lipinski definition) is 0. The summed E-state index contributed by atoms with van der Waals surface area (Å²) in [5.74, 6) is 2.51. The zero-order valence-corrected chi connectivity index (χ0v) is 15.6. The molecular formula is C22H30O3. The summed E-state index contributed by atoms with van der Waals surface area (Å²) in [6.45, 7) is 4.86. The van der Waals surface area contributed by atoms with E-state index in [-0.39, 0.29) is 22.4 Å². The molecular weight excluding hydrogens is 312 g/mol. The molecule has 1 saturated heterocycles. The van der Waals surface area contributed by atoms with E-state index in [9.17, 15) is 9.59 Å². The van der Waals surface area contributed by atoms with Crippen LogP contribution in [0.5, 0.6) is 0 Å². The Kier molecular flexibility index (Phi) is 3.21. The molecule has 0 N–H and O–H groups in total. The summed E-state index contributed by atoms with van der Waals surface area (Å²) < 4.78 is 6.01. The molecule has 5 rings (SSSR count). The summed E-state index contributed by atoms with van der Waals surface area (Å²) in [6, 6.07) is 0. The fourth-order valence-electron chi connectivity index (χ4n) is 7.85. The van der Waals surface area contributed by atoms with E-state index in [1.807, 2.05) is 6.08 Å². The summed E-state index contributed by atoms with van der Waals surface area (Å²) in [5.41, 5.74) is 1.68. The van der Waals surface area contributed by atoms with Gasteiger partial charge in [-0.25, -0.2) is 0 Å². The van der Waals surface area contributed by atoms with E-state index in [2.05, 4.69) is 13.8 Å². The van der Waals surface area contributed by atoms with Crippen LogP contribution in [0.25, 0.3) is 0 Å². The number of esters is 1. The molecule has 0 bridgehead atoms. The van der Waals surface area contributed by atoms with Crippen LogP contribution in [0.1, 0.15) is 78.1 Å².